The van der Waals surface area contributed by atoms with E-state index in [1.165, 1.54) is 12.1 Å². The van der Waals surface area contributed by atoms with E-state index in [4.69, 9.17) is 0 Å². The summed E-state index contributed by atoms with van der Waals surface area (Å²) in [5.74, 6) is 0. The lowest BCUT2D eigenvalue weighted by Crippen LogP contribution is -2.55. The Morgan fingerprint density at radius 3 is 2.88 bits per heavy atom. The van der Waals surface area contributed by atoms with Gasteiger partial charge in [0.15, 0.2) is 0 Å². The van der Waals surface area contributed by atoms with E-state index in [1.54, 1.807) is 6.07 Å². The van der Waals surface area contributed by atoms with Gasteiger partial charge in [0.25, 0.3) is 5.69 Å². The number of nitrogens with zero attached hydrogens (tertiary/aromatic N) is 3. The van der Waals surface area contributed by atoms with Crippen LogP contribution in [0.2, 0.25) is 0 Å². The highest BCUT2D eigenvalue weighted by Gasteiger charge is 2.22. The molecule has 1 atom stereocenters. The number of hydrogen-bond donors (Lipinski definition) is 2. The van der Waals surface area contributed by atoms with Crippen molar-refractivity contribution in [2.45, 2.75) is 12.5 Å². The van der Waals surface area contributed by atoms with Crippen molar-refractivity contribution in [2.75, 3.05) is 46.8 Å². The van der Waals surface area contributed by atoms with Gasteiger partial charge in [-0.3, -0.25) is 15.0 Å². The second kappa shape index (κ2) is 8.60. The minimum absolute atomic E-state index is 0.0707. The molecule has 1 fully saturated rings. The summed E-state index contributed by atoms with van der Waals surface area (Å²) in [6.45, 7) is 4.01. The van der Waals surface area contributed by atoms with Crippen molar-refractivity contribution >= 4 is 11.7 Å². The van der Waals surface area contributed by atoms with E-state index in [9.17, 15) is 14.9 Å². The Morgan fingerprint density at radius 2 is 2.12 bits per heavy atom. The van der Waals surface area contributed by atoms with Crippen LogP contribution in [0.3, 0.4) is 0 Å². The molecule has 0 aliphatic carbocycles. The number of piperazine rings is 1. The summed E-state index contributed by atoms with van der Waals surface area (Å²) >= 11 is 0. The van der Waals surface area contributed by atoms with Crippen molar-refractivity contribution in [2.24, 2.45) is 0 Å². The zero-order chi connectivity index (χ0) is 17.5. The number of amides is 2. The first-order chi connectivity index (χ1) is 11.5. The second-order valence-electron chi connectivity index (χ2n) is 6.21. The normalized spacial score (nSPS) is 19.0. The van der Waals surface area contributed by atoms with Crippen molar-refractivity contribution in [3.8, 4) is 0 Å². The van der Waals surface area contributed by atoms with E-state index in [0.29, 0.717) is 25.6 Å². The minimum Gasteiger partial charge on any atom is -0.338 e. The molecule has 0 bridgehead atoms. The molecule has 1 aliphatic heterocycles. The average molecular weight is 335 g/mol. The molecule has 1 saturated heterocycles. The summed E-state index contributed by atoms with van der Waals surface area (Å²) in [6.07, 6.45) is 0.557. The van der Waals surface area contributed by atoms with Crippen molar-refractivity contribution in [3.63, 3.8) is 0 Å². The minimum atomic E-state index is -0.415. The lowest BCUT2D eigenvalue weighted by Gasteiger charge is -2.37. The molecule has 1 aliphatic rings. The lowest BCUT2D eigenvalue weighted by molar-refractivity contribution is -0.384. The second-order valence-corrected chi connectivity index (χ2v) is 6.21. The van der Waals surface area contributed by atoms with Crippen LogP contribution < -0.4 is 10.6 Å². The van der Waals surface area contributed by atoms with Gasteiger partial charge in [-0.05, 0) is 26.1 Å². The number of carbonyl (C=O) groups excluding carboxylic acids is 1. The summed E-state index contributed by atoms with van der Waals surface area (Å²) in [5.41, 5.74) is 0.902. The smallest absolute Gasteiger partial charge is 0.314 e. The third-order valence-electron chi connectivity index (χ3n) is 4.30. The van der Waals surface area contributed by atoms with Gasteiger partial charge in [-0.15, -0.1) is 0 Å². The monoisotopic (exact) mass is 335 g/mol. The van der Waals surface area contributed by atoms with Gasteiger partial charge in [-0.2, -0.15) is 0 Å². The van der Waals surface area contributed by atoms with Gasteiger partial charge in [-0.25, -0.2) is 4.79 Å². The maximum absolute atomic E-state index is 11.9. The Hall–Kier alpha value is -2.19. The molecule has 8 heteroatoms. The summed E-state index contributed by atoms with van der Waals surface area (Å²) in [5, 5.41) is 16.4. The molecular weight excluding hydrogens is 310 g/mol. The number of nitrogens with one attached hydrogen (secondary N) is 2. The maximum atomic E-state index is 11.9. The van der Waals surface area contributed by atoms with Crippen LogP contribution >= 0.6 is 0 Å². The molecule has 24 heavy (non-hydrogen) atoms. The topological polar surface area (TPSA) is 90.8 Å². The van der Waals surface area contributed by atoms with E-state index < -0.39 is 4.92 Å². The number of non-ortho nitro benzene ring substituents is 1. The number of benzene rings is 1. The number of hydrogen-bond acceptors (Lipinski definition) is 5. The zero-order valence-electron chi connectivity index (χ0n) is 14.2. The summed E-state index contributed by atoms with van der Waals surface area (Å²) in [4.78, 5) is 26.7. The highest BCUT2D eigenvalue weighted by molar-refractivity contribution is 5.73. The summed E-state index contributed by atoms with van der Waals surface area (Å²) in [6, 6.07) is 6.57. The molecule has 1 aromatic rings. The van der Waals surface area contributed by atoms with Gasteiger partial charge in [0.2, 0.25) is 0 Å². The Labute approximate surface area is 142 Å². The van der Waals surface area contributed by atoms with E-state index in [-0.39, 0.29) is 11.7 Å². The molecule has 1 unspecified atom stereocenters. The van der Waals surface area contributed by atoms with Gasteiger partial charge in [0.05, 0.1) is 4.92 Å². The van der Waals surface area contributed by atoms with Crippen LogP contribution in [0.1, 0.15) is 5.56 Å². The standard InChI is InChI=1S/C16H25N5O3/c1-19-8-9-20(2)15(12-19)11-18-16(22)17-7-6-13-4-3-5-14(10-13)21(23)24/h3-5,10,15H,6-9,11-12H2,1-2H3,(H2,17,18,22). The quantitative estimate of drug-likeness (QED) is 0.589. The molecule has 0 saturated carbocycles. The van der Waals surface area contributed by atoms with Gasteiger partial charge in [0.1, 0.15) is 0 Å². The Bertz CT molecular complexity index is 581. The average Bonchev–Trinajstić information content (AvgIpc) is 2.56. The van der Waals surface area contributed by atoms with E-state index >= 15 is 0 Å². The van der Waals surface area contributed by atoms with Crippen molar-refractivity contribution in [3.05, 3.63) is 39.9 Å². The number of rotatable bonds is 6. The van der Waals surface area contributed by atoms with Crippen LogP contribution in [0.25, 0.3) is 0 Å². The van der Waals surface area contributed by atoms with E-state index in [2.05, 4.69) is 34.5 Å². The fourth-order valence-corrected chi connectivity index (χ4v) is 2.74. The summed E-state index contributed by atoms with van der Waals surface area (Å²) in [7, 11) is 4.15. The van der Waals surface area contributed by atoms with Crippen molar-refractivity contribution in [1.82, 2.24) is 20.4 Å². The molecule has 1 aromatic carbocycles. The summed E-state index contributed by atoms with van der Waals surface area (Å²) < 4.78 is 0. The molecular formula is C16H25N5O3. The number of nitro benzene ring substituents is 1. The van der Waals surface area contributed by atoms with Crippen molar-refractivity contribution < 1.29 is 9.72 Å². The lowest BCUT2D eigenvalue weighted by atomic mass is 10.1. The van der Waals surface area contributed by atoms with Crippen LogP contribution in [0, 0.1) is 10.1 Å². The highest BCUT2D eigenvalue weighted by atomic mass is 16.6. The molecule has 0 radical (unpaired) electrons. The Morgan fingerprint density at radius 1 is 1.33 bits per heavy atom. The molecule has 132 valence electrons. The van der Waals surface area contributed by atoms with Gasteiger partial charge >= 0.3 is 6.03 Å². The fraction of sp³-hybridized carbons (Fsp3) is 0.562. The third-order valence-corrected chi connectivity index (χ3v) is 4.30. The fourth-order valence-electron chi connectivity index (χ4n) is 2.74. The molecule has 2 rings (SSSR count). The first-order valence-electron chi connectivity index (χ1n) is 8.09. The number of likely N-dealkylation sites (N-methyl/N-ethyl adjacent to an activating group) is 2. The third kappa shape index (κ3) is 5.47. The van der Waals surface area contributed by atoms with Gasteiger partial charge in [0, 0.05) is 50.9 Å². The van der Waals surface area contributed by atoms with Gasteiger partial charge in [-0.1, -0.05) is 12.1 Å². The van der Waals surface area contributed by atoms with Crippen LogP contribution in [0.5, 0.6) is 0 Å². The number of urea groups is 1. The van der Waals surface area contributed by atoms with E-state index in [1.807, 2.05) is 6.07 Å². The first-order valence-corrected chi connectivity index (χ1v) is 8.09. The predicted molar refractivity (Wildman–Crippen MR) is 92.1 cm³/mol. The largest absolute Gasteiger partial charge is 0.338 e. The number of carbonyl (C=O) groups is 1. The highest BCUT2D eigenvalue weighted by Crippen LogP contribution is 2.13. The molecule has 0 spiro atoms. The van der Waals surface area contributed by atoms with Crippen LogP contribution in [-0.2, 0) is 6.42 Å². The molecule has 2 amide bonds. The van der Waals surface area contributed by atoms with Crippen molar-refractivity contribution in [1.29, 1.82) is 0 Å². The zero-order valence-corrected chi connectivity index (χ0v) is 14.2. The first kappa shape index (κ1) is 18.2. The molecule has 1 heterocycles. The van der Waals surface area contributed by atoms with Crippen LogP contribution in [0.4, 0.5) is 10.5 Å². The molecule has 2 N–H and O–H groups in total. The van der Waals surface area contributed by atoms with Gasteiger partial charge < -0.3 is 15.5 Å². The molecule has 0 aromatic heterocycles. The van der Waals surface area contributed by atoms with Crippen LogP contribution in [-0.4, -0.2) is 73.6 Å². The SMILES string of the molecule is CN1CCN(C)C(CNC(=O)NCCc2cccc([N+](=O)[O-])c2)C1. The predicted octanol–water partition coefficient (Wildman–Crippen LogP) is 0.682. The maximum Gasteiger partial charge on any atom is 0.314 e. The van der Waals surface area contributed by atoms with Crippen LogP contribution in [0.15, 0.2) is 24.3 Å². The Kier molecular flexibility index (Phi) is 6.51. The Balaban J connectivity index is 1.70. The molecule has 8 nitrogen and oxygen atoms in total. The van der Waals surface area contributed by atoms with E-state index in [0.717, 1.165) is 25.2 Å². The number of nitro groups is 1.